The summed E-state index contributed by atoms with van der Waals surface area (Å²) in [5, 5.41) is 1.40. The monoisotopic (exact) mass is 258 g/mol. The van der Waals surface area contributed by atoms with Crippen molar-refractivity contribution in [1.82, 2.24) is 0 Å². The van der Waals surface area contributed by atoms with Gasteiger partial charge in [0, 0.05) is 9.58 Å². The molecule has 0 unspecified atom stereocenters. The summed E-state index contributed by atoms with van der Waals surface area (Å²) in [6.07, 6.45) is 7.01. The highest BCUT2D eigenvalue weighted by atomic mass is 32.1. The molecule has 0 bridgehead atoms. The Kier molecular flexibility index (Phi) is 3.91. The van der Waals surface area contributed by atoms with Crippen LogP contribution in [0.4, 0.5) is 0 Å². The summed E-state index contributed by atoms with van der Waals surface area (Å²) in [5.74, 6) is 0. The fraction of sp³-hybridized carbons (Fsp3) is 0.412. The first-order valence-electron chi connectivity index (χ1n) is 6.68. The van der Waals surface area contributed by atoms with Crippen LogP contribution in [0.15, 0.2) is 30.3 Å². The van der Waals surface area contributed by atoms with Crippen molar-refractivity contribution in [3.63, 3.8) is 0 Å². The zero-order valence-corrected chi connectivity index (χ0v) is 12.6. The highest BCUT2D eigenvalue weighted by Crippen LogP contribution is 2.32. The van der Waals surface area contributed by atoms with E-state index >= 15 is 0 Å². The van der Waals surface area contributed by atoms with E-state index in [0.29, 0.717) is 5.41 Å². The first-order valence-corrected chi connectivity index (χ1v) is 7.50. The SMILES string of the molecule is CCC(C)(C)C/C=C/c1sc2ccccc2c1C. The maximum atomic E-state index is 2.33. The van der Waals surface area contributed by atoms with E-state index in [1.54, 1.807) is 0 Å². The minimum atomic E-state index is 0.418. The molecular weight excluding hydrogens is 236 g/mol. The molecule has 0 saturated heterocycles. The third kappa shape index (κ3) is 2.84. The average molecular weight is 258 g/mol. The molecule has 1 aromatic heterocycles. The van der Waals surface area contributed by atoms with Gasteiger partial charge in [0.15, 0.2) is 0 Å². The van der Waals surface area contributed by atoms with Gasteiger partial charge in [-0.2, -0.15) is 0 Å². The quantitative estimate of drug-likeness (QED) is 0.626. The first kappa shape index (κ1) is 13.4. The third-order valence-corrected chi connectivity index (χ3v) is 5.02. The largest absolute Gasteiger partial charge is 0.136 e. The summed E-state index contributed by atoms with van der Waals surface area (Å²) in [7, 11) is 0. The number of fused-ring (bicyclic) bond motifs is 1. The number of hydrogen-bond donors (Lipinski definition) is 0. The van der Waals surface area contributed by atoms with Crippen LogP contribution in [0.3, 0.4) is 0 Å². The van der Waals surface area contributed by atoms with Crippen LogP contribution >= 0.6 is 11.3 Å². The van der Waals surface area contributed by atoms with Crippen molar-refractivity contribution in [2.75, 3.05) is 0 Å². The summed E-state index contributed by atoms with van der Waals surface area (Å²) < 4.78 is 1.39. The van der Waals surface area contributed by atoms with Crippen LogP contribution in [0.25, 0.3) is 16.2 Å². The van der Waals surface area contributed by atoms with E-state index in [1.165, 1.54) is 26.9 Å². The molecule has 2 rings (SSSR count). The molecule has 2 aromatic rings. The van der Waals surface area contributed by atoms with Crippen LogP contribution in [0, 0.1) is 12.3 Å². The lowest BCUT2D eigenvalue weighted by atomic mass is 9.86. The molecule has 0 aliphatic rings. The lowest BCUT2D eigenvalue weighted by Gasteiger charge is -2.19. The standard InChI is InChI=1S/C17H22S/c1-5-17(3,4)12-8-11-15-13(2)14-9-6-7-10-16(14)18-15/h6-11H,5,12H2,1-4H3/b11-8+. The topological polar surface area (TPSA) is 0 Å². The minimum absolute atomic E-state index is 0.418. The molecule has 0 N–H and O–H groups in total. The highest BCUT2D eigenvalue weighted by Gasteiger charge is 2.12. The molecular formula is C17H22S. The lowest BCUT2D eigenvalue weighted by Crippen LogP contribution is -2.06. The maximum Gasteiger partial charge on any atom is 0.0351 e. The summed E-state index contributed by atoms with van der Waals surface area (Å²) in [5.41, 5.74) is 1.84. The molecule has 0 nitrogen and oxygen atoms in total. The molecule has 18 heavy (non-hydrogen) atoms. The number of allylic oxidation sites excluding steroid dienone is 1. The second-order valence-corrected chi connectivity index (χ2v) is 6.80. The van der Waals surface area contributed by atoms with Gasteiger partial charge < -0.3 is 0 Å². The summed E-state index contributed by atoms with van der Waals surface area (Å²) in [4.78, 5) is 1.41. The van der Waals surface area contributed by atoms with Crippen molar-refractivity contribution in [2.24, 2.45) is 5.41 Å². The predicted molar refractivity (Wildman–Crippen MR) is 84.3 cm³/mol. The summed E-state index contributed by atoms with van der Waals surface area (Å²) in [6.45, 7) is 9.15. The van der Waals surface area contributed by atoms with Gasteiger partial charge in [-0.15, -0.1) is 11.3 Å². The molecule has 1 heteroatoms. The molecule has 1 heterocycles. The Morgan fingerprint density at radius 1 is 1.22 bits per heavy atom. The zero-order chi connectivity index (χ0) is 13.2. The van der Waals surface area contributed by atoms with E-state index in [9.17, 15) is 0 Å². The molecule has 0 spiro atoms. The maximum absolute atomic E-state index is 2.33. The Hall–Kier alpha value is -1.08. The van der Waals surface area contributed by atoms with Gasteiger partial charge in [0.2, 0.25) is 0 Å². The summed E-state index contributed by atoms with van der Waals surface area (Å²) >= 11 is 1.90. The smallest absolute Gasteiger partial charge is 0.0351 e. The molecule has 1 aromatic carbocycles. The number of benzene rings is 1. The van der Waals surface area contributed by atoms with Gasteiger partial charge in [0.25, 0.3) is 0 Å². The molecule has 0 amide bonds. The highest BCUT2D eigenvalue weighted by molar-refractivity contribution is 7.20. The van der Waals surface area contributed by atoms with Gasteiger partial charge in [-0.1, -0.05) is 51.5 Å². The minimum Gasteiger partial charge on any atom is -0.136 e. The zero-order valence-electron chi connectivity index (χ0n) is 11.8. The number of thiophene rings is 1. The van der Waals surface area contributed by atoms with E-state index in [2.05, 4.69) is 64.1 Å². The van der Waals surface area contributed by atoms with Crippen molar-refractivity contribution in [1.29, 1.82) is 0 Å². The number of rotatable bonds is 4. The third-order valence-electron chi connectivity index (χ3n) is 3.78. The molecule has 0 aliphatic carbocycles. The van der Waals surface area contributed by atoms with Crippen LogP contribution < -0.4 is 0 Å². The second-order valence-electron chi connectivity index (χ2n) is 5.71. The van der Waals surface area contributed by atoms with Crippen molar-refractivity contribution >= 4 is 27.5 Å². The molecule has 0 radical (unpaired) electrons. The van der Waals surface area contributed by atoms with Crippen LogP contribution in [0.5, 0.6) is 0 Å². The van der Waals surface area contributed by atoms with Crippen molar-refractivity contribution in [3.8, 4) is 0 Å². The number of hydrogen-bond acceptors (Lipinski definition) is 1. The Balaban J connectivity index is 2.22. The molecule has 0 saturated carbocycles. The molecule has 0 fully saturated rings. The first-order chi connectivity index (χ1) is 8.53. The van der Waals surface area contributed by atoms with E-state index in [4.69, 9.17) is 0 Å². The Labute approximate surface area is 114 Å². The molecule has 0 atom stereocenters. The van der Waals surface area contributed by atoms with Gasteiger partial charge in [0.05, 0.1) is 0 Å². The predicted octanol–water partition coefficient (Wildman–Crippen LogP) is 6.05. The normalized spacial score (nSPS) is 12.7. The van der Waals surface area contributed by atoms with Crippen molar-refractivity contribution in [3.05, 3.63) is 40.8 Å². The lowest BCUT2D eigenvalue weighted by molar-refractivity contribution is 0.357. The van der Waals surface area contributed by atoms with Gasteiger partial charge >= 0.3 is 0 Å². The fourth-order valence-corrected chi connectivity index (χ4v) is 3.12. The molecule has 96 valence electrons. The van der Waals surface area contributed by atoms with Gasteiger partial charge in [-0.05, 0) is 41.9 Å². The van der Waals surface area contributed by atoms with E-state index < -0.39 is 0 Å². The van der Waals surface area contributed by atoms with Crippen LogP contribution in [-0.4, -0.2) is 0 Å². The van der Waals surface area contributed by atoms with Gasteiger partial charge in [-0.3, -0.25) is 0 Å². The van der Waals surface area contributed by atoms with E-state index in [-0.39, 0.29) is 0 Å². The van der Waals surface area contributed by atoms with E-state index in [0.717, 1.165) is 6.42 Å². The molecule has 0 aliphatic heterocycles. The number of aryl methyl sites for hydroxylation is 1. The summed E-state index contributed by atoms with van der Waals surface area (Å²) in [6, 6.07) is 8.66. The Morgan fingerprint density at radius 3 is 2.61 bits per heavy atom. The average Bonchev–Trinajstić information content (AvgIpc) is 2.67. The van der Waals surface area contributed by atoms with Crippen LogP contribution in [-0.2, 0) is 0 Å². The Bertz CT molecular complexity index is 558. The van der Waals surface area contributed by atoms with Crippen LogP contribution in [0.1, 0.15) is 44.1 Å². The second kappa shape index (κ2) is 5.27. The van der Waals surface area contributed by atoms with Gasteiger partial charge in [0.1, 0.15) is 0 Å². The Morgan fingerprint density at radius 2 is 1.94 bits per heavy atom. The van der Waals surface area contributed by atoms with Crippen molar-refractivity contribution in [2.45, 2.75) is 40.5 Å². The van der Waals surface area contributed by atoms with Gasteiger partial charge in [-0.25, -0.2) is 0 Å². The van der Waals surface area contributed by atoms with Crippen molar-refractivity contribution < 1.29 is 0 Å². The fourth-order valence-electron chi connectivity index (χ4n) is 1.98. The van der Waals surface area contributed by atoms with Crippen LogP contribution in [0.2, 0.25) is 0 Å². The van der Waals surface area contributed by atoms with E-state index in [1.807, 2.05) is 11.3 Å².